The Morgan fingerprint density at radius 2 is 2.21 bits per heavy atom. The first-order valence-corrected chi connectivity index (χ1v) is 4.27. The van der Waals surface area contributed by atoms with Crippen molar-refractivity contribution in [3.63, 3.8) is 0 Å². The molecule has 0 saturated carbocycles. The van der Waals surface area contributed by atoms with E-state index in [1.54, 1.807) is 6.26 Å². The van der Waals surface area contributed by atoms with Gasteiger partial charge in [0.15, 0.2) is 0 Å². The summed E-state index contributed by atoms with van der Waals surface area (Å²) in [5.74, 6) is 0.972. The number of nitrogens with two attached hydrogens (primary N) is 1. The molecule has 0 fully saturated rings. The zero-order chi connectivity index (χ0) is 8.81. The minimum atomic E-state index is 0. The SMILES string of the molecule is C[C@H](N)CCNCc1ccco1.Cl.Cl. The molecule has 14 heavy (non-hydrogen) atoms. The summed E-state index contributed by atoms with van der Waals surface area (Å²) in [5, 5.41) is 3.25. The van der Waals surface area contributed by atoms with Crippen LogP contribution in [0.4, 0.5) is 0 Å². The molecule has 0 aliphatic carbocycles. The van der Waals surface area contributed by atoms with Crippen molar-refractivity contribution in [2.24, 2.45) is 5.73 Å². The second-order valence-corrected chi connectivity index (χ2v) is 3.02. The lowest BCUT2D eigenvalue weighted by atomic mass is 10.2. The Labute approximate surface area is 97.2 Å². The molecule has 1 heterocycles. The van der Waals surface area contributed by atoms with E-state index in [1.165, 1.54) is 0 Å². The number of hydrogen-bond acceptors (Lipinski definition) is 3. The van der Waals surface area contributed by atoms with Gasteiger partial charge in [-0.2, -0.15) is 0 Å². The number of rotatable bonds is 5. The van der Waals surface area contributed by atoms with Crippen molar-refractivity contribution in [2.75, 3.05) is 6.54 Å². The summed E-state index contributed by atoms with van der Waals surface area (Å²) >= 11 is 0. The molecule has 84 valence electrons. The summed E-state index contributed by atoms with van der Waals surface area (Å²) in [5.41, 5.74) is 5.59. The zero-order valence-electron chi connectivity index (χ0n) is 8.23. The second kappa shape index (κ2) is 9.34. The van der Waals surface area contributed by atoms with Crippen molar-refractivity contribution in [1.29, 1.82) is 0 Å². The van der Waals surface area contributed by atoms with Gasteiger partial charge in [-0.1, -0.05) is 0 Å². The van der Waals surface area contributed by atoms with Crippen LogP contribution >= 0.6 is 24.8 Å². The highest BCUT2D eigenvalue weighted by Crippen LogP contribution is 1.98. The lowest BCUT2D eigenvalue weighted by molar-refractivity contribution is 0.476. The fourth-order valence-electron chi connectivity index (χ4n) is 0.954. The van der Waals surface area contributed by atoms with E-state index in [4.69, 9.17) is 10.2 Å². The summed E-state index contributed by atoms with van der Waals surface area (Å²) < 4.78 is 5.15. The average molecular weight is 241 g/mol. The van der Waals surface area contributed by atoms with Gasteiger partial charge in [-0.05, 0) is 32.0 Å². The van der Waals surface area contributed by atoms with Crippen LogP contribution in [0.25, 0.3) is 0 Å². The van der Waals surface area contributed by atoms with Crippen molar-refractivity contribution < 1.29 is 4.42 Å². The van der Waals surface area contributed by atoms with Crippen molar-refractivity contribution in [3.8, 4) is 0 Å². The van der Waals surface area contributed by atoms with E-state index in [-0.39, 0.29) is 30.9 Å². The number of hydrogen-bond donors (Lipinski definition) is 2. The maximum atomic E-state index is 5.59. The molecule has 0 saturated heterocycles. The molecule has 5 heteroatoms. The molecule has 0 unspecified atom stereocenters. The molecular formula is C9H18Cl2N2O. The molecule has 0 amide bonds. The van der Waals surface area contributed by atoms with Gasteiger partial charge in [-0.25, -0.2) is 0 Å². The molecule has 0 aromatic carbocycles. The van der Waals surface area contributed by atoms with Gasteiger partial charge in [0.1, 0.15) is 5.76 Å². The Morgan fingerprint density at radius 1 is 1.50 bits per heavy atom. The highest BCUT2D eigenvalue weighted by Gasteiger charge is 1.95. The van der Waals surface area contributed by atoms with Crippen LogP contribution in [0.2, 0.25) is 0 Å². The highest BCUT2D eigenvalue weighted by molar-refractivity contribution is 5.85. The summed E-state index contributed by atoms with van der Waals surface area (Å²) in [4.78, 5) is 0. The van der Waals surface area contributed by atoms with Gasteiger partial charge in [0.05, 0.1) is 12.8 Å². The molecular weight excluding hydrogens is 223 g/mol. The molecule has 0 bridgehead atoms. The normalized spacial score (nSPS) is 11.3. The molecule has 1 atom stereocenters. The van der Waals surface area contributed by atoms with E-state index in [1.807, 2.05) is 19.1 Å². The topological polar surface area (TPSA) is 51.2 Å². The molecule has 3 nitrogen and oxygen atoms in total. The molecule has 3 N–H and O–H groups in total. The fraction of sp³-hybridized carbons (Fsp3) is 0.556. The molecule has 0 aliphatic heterocycles. The Kier molecular flexibility index (Phi) is 10.8. The summed E-state index contributed by atoms with van der Waals surface area (Å²) in [6, 6.07) is 4.12. The standard InChI is InChI=1S/C9H16N2O.2ClH/c1-8(10)4-5-11-7-9-3-2-6-12-9;;/h2-3,6,8,11H,4-5,7,10H2,1H3;2*1H/t8-;;/m0../s1. The molecule has 1 aromatic heterocycles. The third-order valence-corrected chi connectivity index (χ3v) is 1.66. The number of furan rings is 1. The third-order valence-electron chi connectivity index (χ3n) is 1.66. The summed E-state index contributed by atoms with van der Waals surface area (Å²) in [7, 11) is 0. The molecule has 0 spiro atoms. The fourth-order valence-corrected chi connectivity index (χ4v) is 0.954. The average Bonchev–Trinajstić information content (AvgIpc) is 2.49. The number of halogens is 2. The van der Waals surface area contributed by atoms with Gasteiger partial charge in [-0.15, -0.1) is 24.8 Å². The largest absolute Gasteiger partial charge is 0.468 e. The van der Waals surface area contributed by atoms with Gasteiger partial charge in [-0.3, -0.25) is 0 Å². The Bertz CT molecular complexity index is 203. The van der Waals surface area contributed by atoms with Crippen LogP contribution < -0.4 is 11.1 Å². The quantitative estimate of drug-likeness (QED) is 0.774. The lowest BCUT2D eigenvalue weighted by Gasteiger charge is -2.04. The monoisotopic (exact) mass is 240 g/mol. The predicted octanol–water partition coefficient (Wildman–Crippen LogP) is 1.95. The lowest BCUT2D eigenvalue weighted by Crippen LogP contribution is -2.23. The molecule has 1 rings (SSSR count). The van der Waals surface area contributed by atoms with Crippen LogP contribution in [0.3, 0.4) is 0 Å². The van der Waals surface area contributed by atoms with Crippen molar-refractivity contribution in [1.82, 2.24) is 5.32 Å². The Balaban J connectivity index is 0. The van der Waals surface area contributed by atoms with E-state index in [2.05, 4.69) is 5.32 Å². The Hall–Kier alpha value is -0.220. The first-order valence-electron chi connectivity index (χ1n) is 4.27. The van der Waals surface area contributed by atoms with Crippen molar-refractivity contribution >= 4 is 24.8 Å². The van der Waals surface area contributed by atoms with Gasteiger partial charge in [0.2, 0.25) is 0 Å². The maximum Gasteiger partial charge on any atom is 0.117 e. The molecule has 0 aliphatic rings. The Morgan fingerprint density at radius 3 is 2.71 bits per heavy atom. The van der Waals surface area contributed by atoms with Crippen LogP contribution in [0.1, 0.15) is 19.1 Å². The van der Waals surface area contributed by atoms with Crippen LogP contribution in [0, 0.1) is 0 Å². The van der Waals surface area contributed by atoms with Crippen LogP contribution in [0.5, 0.6) is 0 Å². The minimum absolute atomic E-state index is 0. The first-order chi connectivity index (χ1) is 5.79. The smallest absolute Gasteiger partial charge is 0.117 e. The van der Waals surface area contributed by atoms with Gasteiger partial charge in [0, 0.05) is 6.04 Å². The van der Waals surface area contributed by atoms with Crippen LogP contribution in [-0.4, -0.2) is 12.6 Å². The van der Waals surface area contributed by atoms with E-state index < -0.39 is 0 Å². The molecule has 0 radical (unpaired) electrons. The highest BCUT2D eigenvalue weighted by atomic mass is 35.5. The van der Waals surface area contributed by atoms with E-state index >= 15 is 0 Å². The summed E-state index contributed by atoms with van der Waals surface area (Å²) in [6.07, 6.45) is 2.68. The van der Waals surface area contributed by atoms with Crippen LogP contribution in [0.15, 0.2) is 22.8 Å². The van der Waals surface area contributed by atoms with Crippen molar-refractivity contribution in [2.45, 2.75) is 25.9 Å². The van der Waals surface area contributed by atoms with Crippen LogP contribution in [-0.2, 0) is 6.54 Å². The maximum absolute atomic E-state index is 5.59. The second-order valence-electron chi connectivity index (χ2n) is 3.02. The summed E-state index contributed by atoms with van der Waals surface area (Å²) in [6.45, 7) is 3.74. The third kappa shape index (κ3) is 7.21. The predicted molar refractivity (Wildman–Crippen MR) is 63.2 cm³/mol. The number of nitrogens with one attached hydrogen (secondary N) is 1. The van der Waals surface area contributed by atoms with E-state index in [9.17, 15) is 0 Å². The first kappa shape index (κ1) is 16.2. The molecule has 1 aromatic rings. The van der Waals surface area contributed by atoms with Gasteiger partial charge >= 0.3 is 0 Å². The van der Waals surface area contributed by atoms with Gasteiger partial charge in [0.25, 0.3) is 0 Å². The van der Waals surface area contributed by atoms with E-state index in [0.717, 1.165) is 25.3 Å². The van der Waals surface area contributed by atoms with Gasteiger partial charge < -0.3 is 15.5 Å². The van der Waals surface area contributed by atoms with Crippen molar-refractivity contribution in [3.05, 3.63) is 24.2 Å². The van der Waals surface area contributed by atoms with E-state index in [0.29, 0.717) is 0 Å². The minimum Gasteiger partial charge on any atom is -0.468 e. The zero-order valence-corrected chi connectivity index (χ0v) is 9.87.